The third-order valence-corrected chi connectivity index (χ3v) is 2.96. The van der Waals surface area contributed by atoms with Gasteiger partial charge >= 0.3 is 5.97 Å². The van der Waals surface area contributed by atoms with Gasteiger partial charge in [-0.15, -0.1) is 11.3 Å². The maximum absolute atomic E-state index is 10.9. The number of rotatable bonds is 6. The first-order valence-corrected chi connectivity index (χ1v) is 5.80. The third kappa shape index (κ3) is 3.55. The van der Waals surface area contributed by atoms with Gasteiger partial charge in [-0.3, -0.25) is 0 Å². The smallest absolute Gasteiger partial charge is 0.347 e. The van der Waals surface area contributed by atoms with Crippen LogP contribution in [-0.4, -0.2) is 29.2 Å². The van der Waals surface area contributed by atoms with Gasteiger partial charge in [-0.25, -0.2) is 9.78 Å². The number of hydrogen-bond acceptors (Lipinski definition) is 5. The second kappa shape index (κ2) is 5.93. The van der Waals surface area contributed by atoms with Gasteiger partial charge in [0.25, 0.3) is 0 Å². The standard InChI is InChI=1S/C10H16N2O3S/c1-6(2)11-4-8-12-7(5-15-3)9(16-8)10(13)14/h6,11H,4-5H2,1-3H3,(H,13,14). The van der Waals surface area contributed by atoms with Crippen LogP contribution in [0.2, 0.25) is 0 Å². The van der Waals surface area contributed by atoms with Gasteiger partial charge in [-0.1, -0.05) is 13.8 Å². The summed E-state index contributed by atoms with van der Waals surface area (Å²) in [6.45, 7) is 4.88. The molecule has 6 heteroatoms. The summed E-state index contributed by atoms with van der Waals surface area (Å²) >= 11 is 1.20. The summed E-state index contributed by atoms with van der Waals surface area (Å²) < 4.78 is 4.92. The lowest BCUT2D eigenvalue weighted by molar-refractivity contribution is 0.0697. The molecule has 0 aliphatic carbocycles. The summed E-state index contributed by atoms with van der Waals surface area (Å²) in [6, 6.07) is 0.350. The van der Waals surface area contributed by atoms with Gasteiger partial charge < -0.3 is 15.2 Å². The minimum absolute atomic E-state index is 0.236. The fourth-order valence-corrected chi connectivity index (χ4v) is 2.03. The largest absolute Gasteiger partial charge is 0.477 e. The molecule has 0 aliphatic rings. The minimum Gasteiger partial charge on any atom is -0.477 e. The molecule has 1 heterocycles. The van der Waals surface area contributed by atoms with Crippen molar-refractivity contribution in [1.82, 2.24) is 10.3 Å². The average Bonchev–Trinajstić information content (AvgIpc) is 2.59. The Bertz CT molecular complexity index is 363. The van der Waals surface area contributed by atoms with Gasteiger partial charge in [0, 0.05) is 19.7 Å². The molecule has 0 aromatic carbocycles. The highest BCUT2D eigenvalue weighted by atomic mass is 32.1. The van der Waals surface area contributed by atoms with Crippen LogP contribution in [0.25, 0.3) is 0 Å². The van der Waals surface area contributed by atoms with Crippen molar-refractivity contribution >= 4 is 17.3 Å². The Hall–Kier alpha value is -0.980. The number of methoxy groups -OCH3 is 1. The number of hydrogen-bond donors (Lipinski definition) is 2. The highest BCUT2D eigenvalue weighted by molar-refractivity contribution is 7.13. The van der Waals surface area contributed by atoms with Crippen LogP contribution in [0, 0.1) is 0 Å². The van der Waals surface area contributed by atoms with Crippen molar-refractivity contribution in [1.29, 1.82) is 0 Å². The van der Waals surface area contributed by atoms with Crippen molar-refractivity contribution in [3.8, 4) is 0 Å². The van der Waals surface area contributed by atoms with Gasteiger partial charge in [0.1, 0.15) is 9.88 Å². The van der Waals surface area contributed by atoms with Crippen LogP contribution in [0.4, 0.5) is 0 Å². The Morgan fingerprint density at radius 2 is 2.31 bits per heavy atom. The van der Waals surface area contributed by atoms with Crippen LogP contribution in [0.3, 0.4) is 0 Å². The summed E-state index contributed by atoms with van der Waals surface area (Å²) in [6.07, 6.45) is 0. The Morgan fingerprint density at radius 3 is 2.81 bits per heavy atom. The topological polar surface area (TPSA) is 71.5 Å². The molecular formula is C10H16N2O3S. The van der Waals surface area contributed by atoms with E-state index in [-0.39, 0.29) is 11.5 Å². The second-order valence-corrected chi connectivity index (χ2v) is 4.74. The van der Waals surface area contributed by atoms with Crippen LogP contribution in [0.1, 0.15) is 34.2 Å². The van der Waals surface area contributed by atoms with Gasteiger partial charge in [0.05, 0.1) is 12.3 Å². The van der Waals surface area contributed by atoms with E-state index in [1.165, 1.54) is 18.4 Å². The van der Waals surface area contributed by atoms with Crippen LogP contribution < -0.4 is 5.32 Å². The molecule has 0 amide bonds. The summed E-state index contributed by atoms with van der Waals surface area (Å²) in [7, 11) is 1.52. The quantitative estimate of drug-likeness (QED) is 0.793. The van der Waals surface area contributed by atoms with Crippen LogP contribution in [-0.2, 0) is 17.9 Å². The number of nitrogens with one attached hydrogen (secondary N) is 1. The lowest BCUT2D eigenvalue weighted by Crippen LogP contribution is -2.21. The third-order valence-electron chi connectivity index (χ3n) is 1.88. The average molecular weight is 244 g/mol. The second-order valence-electron chi connectivity index (χ2n) is 3.66. The van der Waals surface area contributed by atoms with E-state index in [0.29, 0.717) is 18.3 Å². The first-order chi connectivity index (χ1) is 7.54. The van der Waals surface area contributed by atoms with E-state index in [1.807, 2.05) is 13.8 Å². The number of carboxylic acid groups (broad SMARTS) is 1. The Balaban J connectivity index is 2.79. The number of carbonyl (C=O) groups is 1. The molecule has 16 heavy (non-hydrogen) atoms. The maximum Gasteiger partial charge on any atom is 0.347 e. The summed E-state index contributed by atoms with van der Waals surface area (Å²) in [4.78, 5) is 15.5. The van der Waals surface area contributed by atoms with Crippen molar-refractivity contribution in [3.63, 3.8) is 0 Å². The minimum atomic E-state index is -0.944. The monoisotopic (exact) mass is 244 g/mol. The van der Waals surface area contributed by atoms with Gasteiger partial charge in [-0.05, 0) is 0 Å². The summed E-state index contributed by atoms with van der Waals surface area (Å²) in [5.41, 5.74) is 0.501. The molecule has 0 saturated heterocycles. The zero-order valence-electron chi connectivity index (χ0n) is 9.61. The lowest BCUT2D eigenvalue weighted by atomic mass is 10.4. The molecule has 0 saturated carbocycles. The summed E-state index contributed by atoms with van der Waals surface area (Å²) in [5.74, 6) is -0.944. The van der Waals surface area contributed by atoms with Gasteiger partial charge in [0.2, 0.25) is 0 Å². The molecule has 1 aromatic rings. The van der Waals surface area contributed by atoms with E-state index < -0.39 is 5.97 Å². The normalized spacial score (nSPS) is 11.0. The highest BCUT2D eigenvalue weighted by Gasteiger charge is 2.16. The zero-order valence-corrected chi connectivity index (χ0v) is 10.4. The molecule has 0 unspecified atom stereocenters. The molecule has 0 aliphatic heterocycles. The van der Waals surface area contributed by atoms with Crippen LogP contribution in [0.5, 0.6) is 0 Å². The van der Waals surface area contributed by atoms with Crippen molar-refractivity contribution in [2.45, 2.75) is 33.0 Å². The lowest BCUT2D eigenvalue weighted by Gasteiger charge is -2.04. The Kier molecular flexibility index (Phi) is 4.85. The molecule has 0 radical (unpaired) electrons. The van der Waals surface area contributed by atoms with E-state index in [2.05, 4.69) is 10.3 Å². The number of thiazole rings is 1. The Labute approximate surface area is 98.5 Å². The number of nitrogens with zero attached hydrogens (tertiary/aromatic N) is 1. The first-order valence-electron chi connectivity index (χ1n) is 4.98. The molecule has 5 nitrogen and oxygen atoms in total. The van der Waals surface area contributed by atoms with Crippen molar-refractivity contribution < 1.29 is 14.6 Å². The molecule has 0 bridgehead atoms. The number of aromatic carboxylic acids is 1. The van der Waals surface area contributed by atoms with E-state index in [9.17, 15) is 4.79 Å². The molecule has 0 spiro atoms. The van der Waals surface area contributed by atoms with Gasteiger partial charge in [0.15, 0.2) is 0 Å². The van der Waals surface area contributed by atoms with E-state index in [0.717, 1.165) is 5.01 Å². The zero-order chi connectivity index (χ0) is 12.1. The molecule has 0 atom stereocenters. The molecule has 1 aromatic heterocycles. The number of ether oxygens (including phenoxy) is 1. The highest BCUT2D eigenvalue weighted by Crippen LogP contribution is 2.19. The van der Waals surface area contributed by atoms with E-state index in [4.69, 9.17) is 9.84 Å². The number of aromatic nitrogens is 1. The predicted molar refractivity (Wildman–Crippen MR) is 61.8 cm³/mol. The van der Waals surface area contributed by atoms with Crippen molar-refractivity contribution in [2.75, 3.05) is 7.11 Å². The molecule has 1 rings (SSSR count). The fraction of sp³-hybridized carbons (Fsp3) is 0.600. The van der Waals surface area contributed by atoms with Gasteiger partial charge in [-0.2, -0.15) is 0 Å². The number of carboxylic acids is 1. The molecular weight excluding hydrogens is 228 g/mol. The van der Waals surface area contributed by atoms with Crippen LogP contribution in [0.15, 0.2) is 0 Å². The Morgan fingerprint density at radius 1 is 1.62 bits per heavy atom. The summed E-state index contributed by atoms with van der Waals surface area (Å²) in [5, 5.41) is 13.0. The molecule has 90 valence electrons. The SMILES string of the molecule is COCc1nc(CNC(C)C)sc1C(=O)O. The first kappa shape index (κ1) is 13.1. The fourth-order valence-electron chi connectivity index (χ4n) is 1.17. The van der Waals surface area contributed by atoms with Crippen molar-refractivity contribution in [3.05, 3.63) is 15.6 Å². The van der Waals surface area contributed by atoms with E-state index >= 15 is 0 Å². The molecule has 2 N–H and O–H groups in total. The maximum atomic E-state index is 10.9. The van der Waals surface area contributed by atoms with Crippen LogP contribution >= 0.6 is 11.3 Å². The van der Waals surface area contributed by atoms with Crippen molar-refractivity contribution in [2.24, 2.45) is 0 Å². The molecule has 0 fully saturated rings. The predicted octanol–water partition coefficient (Wildman–Crippen LogP) is 1.49. The van der Waals surface area contributed by atoms with E-state index in [1.54, 1.807) is 0 Å².